The van der Waals surface area contributed by atoms with Crippen molar-refractivity contribution in [2.75, 3.05) is 12.4 Å². The van der Waals surface area contributed by atoms with E-state index in [0.717, 1.165) is 17.7 Å². The van der Waals surface area contributed by atoms with Gasteiger partial charge in [0.1, 0.15) is 11.4 Å². The molecule has 0 aliphatic rings. The van der Waals surface area contributed by atoms with Crippen LogP contribution in [0.15, 0.2) is 53.7 Å². The van der Waals surface area contributed by atoms with Gasteiger partial charge < -0.3 is 10.1 Å². The lowest BCUT2D eigenvalue weighted by atomic mass is 10.0. The third kappa shape index (κ3) is 5.48. The number of tetrazole rings is 1. The zero-order chi connectivity index (χ0) is 20.6. The van der Waals surface area contributed by atoms with Gasteiger partial charge in [-0.25, -0.2) is 0 Å². The van der Waals surface area contributed by atoms with Gasteiger partial charge in [-0.05, 0) is 53.6 Å². The first kappa shape index (κ1) is 21.1. The van der Waals surface area contributed by atoms with Gasteiger partial charge in [-0.2, -0.15) is 4.68 Å². The summed E-state index contributed by atoms with van der Waals surface area (Å²) in [5.74, 6) is 0.785. The number of ether oxygens (including phenoxy) is 1. The molecule has 0 saturated heterocycles. The first-order valence-electron chi connectivity index (χ1n) is 9.30. The zero-order valence-electron chi connectivity index (χ0n) is 16.2. The summed E-state index contributed by atoms with van der Waals surface area (Å²) in [6.07, 6.45) is 0.775. The molecule has 0 spiro atoms. The van der Waals surface area contributed by atoms with Crippen LogP contribution >= 0.6 is 23.4 Å². The molecule has 1 aromatic heterocycles. The molecule has 0 saturated carbocycles. The molecular weight excluding hydrogens is 410 g/mol. The summed E-state index contributed by atoms with van der Waals surface area (Å²) in [6.45, 7) is 4.48. The molecule has 1 atom stereocenters. The van der Waals surface area contributed by atoms with E-state index in [4.69, 9.17) is 16.3 Å². The van der Waals surface area contributed by atoms with E-state index < -0.39 is 0 Å². The van der Waals surface area contributed by atoms with Gasteiger partial charge >= 0.3 is 0 Å². The Morgan fingerprint density at radius 1 is 1.21 bits per heavy atom. The van der Waals surface area contributed by atoms with E-state index in [1.54, 1.807) is 4.68 Å². The van der Waals surface area contributed by atoms with Crippen LogP contribution in [0.4, 0.5) is 0 Å². The number of halogens is 1. The smallest absolute Gasteiger partial charge is 0.230 e. The monoisotopic (exact) mass is 431 g/mol. The van der Waals surface area contributed by atoms with Crippen molar-refractivity contribution in [3.05, 3.63) is 59.1 Å². The molecule has 1 N–H and O–H groups in total. The Bertz CT molecular complexity index is 948. The fourth-order valence-corrected chi connectivity index (χ4v) is 3.63. The summed E-state index contributed by atoms with van der Waals surface area (Å²) >= 11 is 7.22. The highest BCUT2D eigenvalue weighted by molar-refractivity contribution is 7.99. The van der Waals surface area contributed by atoms with Crippen molar-refractivity contribution in [2.45, 2.75) is 31.5 Å². The average molecular weight is 432 g/mol. The Hall–Kier alpha value is -2.58. The molecule has 0 fully saturated rings. The molecule has 29 heavy (non-hydrogen) atoms. The molecule has 3 aromatic rings. The molecule has 0 aliphatic heterocycles. The van der Waals surface area contributed by atoms with Crippen LogP contribution in [-0.4, -0.2) is 38.5 Å². The molecule has 9 heteroatoms. The predicted octanol–water partition coefficient (Wildman–Crippen LogP) is 4.07. The van der Waals surface area contributed by atoms with Crippen molar-refractivity contribution >= 4 is 29.3 Å². The number of benzene rings is 2. The fraction of sp³-hybridized carbons (Fsp3) is 0.300. The zero-order valence-corrected chi connectivity index (χ0v) is 17.8. The molecule has 0 aliphatic carbocycles. The van der Waals surface area contributed by atoms with Crippen LogP contribution in [0.2, 0.25) is 5.02 Å². The number of hydrogen-bond donors (Lipinski definition) is 1. The molecule has 0 radical (unpaired) electrons. The first-order valence-corrected chi connectivity index (χ1v) is 10.7. The Balaban J connectivity index is 1.66. The number of hydrogen-bond acceptors (Lipinski definition) is 6. The van der Waals surface area contributed by atoms with Crippen molar-refractivity contribution in [3.8, 4) is 11.4 Å². The van der Waals surface area contributed by atoms with E-state index in [9.17, 15) is 4.79 Å². The van der Waals surface area contributed by atoms with Crippen molar-refractivity contribution in [2.24, 2.45) is 0 Å². The van der Waals surface area contributed by atoms with E-state index in [1.165, 1.54) is 11.8 Å². The maximum atomic E-state index is 12.5. The number of rotatable bonds is 9. The topological polar surface area (TPSA) is 81.9 Å². The highest BCUT2D eigenvalue weighted by atomic mass is 35.5. The molecule has 1 unspecified atom stereocenters. The van der Waals surface area contributed by atoms with Gasteiger partial charge in [0.25, 0.3) is 0 Å². The number of para-hydroxylation sites is 2. The van der Waals surface area contributed by atoms with Crippen molar-refractivity contribution in [1.82, 2.24) is 25.5 Å². The maximum absolute atomic E-state index is 12.5. The van der Waals surface area contributed by atoms with E-state index in [1.807, 2.05) is 62.4 Å². The van der Waals surface area contributed by atoms with Crippen LogP contribution in [0, 0.1) is 0 Å². The van der Waals surface area contributed by atoms with Gasteiger partial charge in [0.05, 0.1) is 18.4 Å². The summed E-state index contributed by atoms with van der Waals surface area (Å²) in [6, 6.07) is 14.9. The minimum absolute atomic E-state index is 0.0740. The lowest BCUT2D eigenvalue weighted by Gasteiger charge is -2.17. The molecule has 1 amide bonds. The van der Waals surface area contributed by atoms with Crippen LogP contribution in [0.25, 0.3) is 5.69 Å². The lowest BCUT2D eigenvalue weighted by molar-refractivity contribution is -0.119. The number of nitrogens with zero attached hydrogens (tertiary/aromatic N) is 4. The van der Waals surface area contributed by atoms with Gasteiger partial charge in [0, 0.05) is 5.02 Å². The van der Waals surface area contributed by atoms with E-state index in [0.29, 0.717) is 22.5 Å². The van der Waals surface area contributed by atoms with Crippen LogP contribution in [0.5, 0.6) is 5.75 Å². The van der Waals surface area contributed by atoms with Gasteiger partial charge in [-0.1, -0.05) is 54.6 Å². The summed E-state index contributed by atoms with van der Waals surface area (Å²) in [5, 5.41) is 16.1. The van der Waals surface area contributed by atoms with Gasteiger partial charge in [0.2, 0.25) is 11.1 Å². The first-order chi connectivity index (χ1) is 14.1. The third-order valence-corrected chi connectivity index (χ3v) is 5.35. The average Bonchev–Trinajstić information content (AvgIpc) is 3.20. The van der Waals surface area contributed by atoms with Crippen molar-refractivity contribution < 1.29 is 9.53 Å². The minimum Gasteiger partial charge on any atom is -0.492 e. The van der Waals surface area contributed by atoms with E-state index in [-0.39, 0.29) is 17.7 Å². The Kier molecular flexibility index (Phi) is 7.48. The molecule has 0 bridgehead atoms. The second-order valence-corrected chi connectivity index (χ2v) is 7.52. The summed E-state index contributed by atoms with van der Waals surface area (Å²) in [5.41, 5.74) is 1.75. The number of amides is 1. The van der Waals surface area contributed by atoms with Crippen LogP contribution in [0.1, 0.15) is 31.9 Å². The largest absolute Gasteiger partial charge is 0.492 e. The molecule has 3 rings (SSSR count). The normalized spacial score (nSPS) is 11.8. The maximum Gasteiger partial charge on any atom is 0.230 e. The summed E-state index contributed by atoms with van der Waals surface area (Å²) in [4.78, 5) is 12.5. The van der Waals surface area contributed by atoms with Gasteiger partial charge in [-0.15, -0.1) is 5.10 Å². The highest BCUT2D eigenvalue weighted by Gasteiger charge is 2.17. The van der Waals surface area contributed by atoms with Crippen molar-refractivity contribution in [1.29, 1.82) is 0 Å². The van der Waals surface area contributed by atoms with E-state index in [2.05, 4.69) is 20.8 Å². The molecule has 1 heterocycles. The second kappa shape index (κ2) is 10.3. The third-order valence-electron chi connectivity index (χ3n) is 4.18. The quantitative estimate of drug-likeness (QED) is 0.514. The second-order valence-electron chi connectivity index (χ2n) is 6.14. The number of thioether (sulfide) groups is 1. The highest BCUT2D eigenvalue weighted by Crippen LogP contribution is 2.26. The number of carbonyl (C=O) groups is 1. The SMILES string of the molecule is CCOc1ccccc1-n1nnnc1SCC(=O)NC(CC)c1ccc(Cl)cc1. The Labute approximate surface area is 178 Å². The molecule has 152 valence electrons. The predicted molar refractivity (Wildman–Crippen MR) is 114 cm³/mol. The summed E-state index contributed by atoms with van der Waals surface area (Å²) in [7, 11) is 0. The minimum atomic E-state index is -0.0931. The Morgan fingerprint density at radius 3 is 2.69 bits per heavy atom. The Morgan fingerprint density at radius 2 is 1.97 bits per heavy atom. The van der Waals surface area contributed by atoms with Crippen molar-refractivity contribution in [3.63, 3.8) is 0 Å². The number of aromatic nitrogens is 4. The van der Waals surface area contributed by atoms with Crippen LogP contribution in [0.3, 0.4) is 0 Å². The number of nitrogens with one attached hydrogen (secondary N) is 1. The number of carbonyl (C=O) groups excluding carboxylic acids is 1. The van der Waals surface area contributed by atoms with E-state index >= 15 is 0 Å². The molecular formula is C20H22ClN5O2S. The fourth-order valence-electron chi connectivity index (χ4n) is 2.81. The lowest BCUT2D eigenvalue weighted by Crippen LogP contribution is -2.29. The molecule has 2 aromatic carbocycles. The van der Waals surface area contributed by atoms with Crippen LogP contribution < -0.4 is 10.1 Å². The van der Waals surface area contributed by atoms with Gasteiger partial charge in [0.15, 0.2) is 0 Å². The van der Waals surface area contributed by atoms with Crippen LogP contribution in [-0.2, 0) is 4.79 Å². The van der Waals surface area contributed by atoms with Gasteiger partial charge in [-0.3, -0.25) is 4.79 Å². The summed E-state index contributed by atoms with van der Waals surface area (Å²) < 4.78 is 7.23. The molecule has 7 nitrogen and oxygen atoms in total. The standard InChI is InChI=1S/C20H22ClN5O2S/c1-3-16(14-9-11-15(21)12-10-14)22-19(27)13-29-20-23-24-25-26(20)17-7-5-6-8-18(17)28-4-2/h5-12,16H,3-4,13H2,1-2H3,(H,22,27).